The topological polar surface area (TPSA) is 52.9 Å². The Balaban J connectivity index is 2.27. The van der Waals surface area contributed by atoms with Crippen molar-refractivity contribution < 1.29 is 18.0 Å². The molecule has 0 spiro atoms. The molecular formula is C15H13F3N2OS. The fourth-order valence-corrected chi connectivity index (χ4v) is 3.40. The zero-order valence-electron chi connectivity index (χ0n) is 11.5. The standard InChI is InChI=1S/C15H13F3N2OS/c16-15(17,18)12(11-4-2-1-3-5-11)8-13(21)20-14(9-19)6-7-22-10-14/h1-5,8H,6-7,10H2,(H,20,21)/b12-8+/t14-/m1/s1. The molecule has 1 aliphatic heterocycles. The molecule has 1 fully saturated rings. The second-order valence-electron chi connectivity index (χ2n) is 4.91. The first-order valence-corrected chi connectivity index (χ1v) is 7.67. The van der Waals surface area contributed by atoms with Gasteiger partial charge in [0.25, 0.3) is 0 Å². The van der Waals surface area contributed by atoms with Gasteiger partial charge in [-0.05, 0) is 17.7 Å². The van der Waals surface area contributed by atoms with Gasteiger partial charge in [0.05, 0.1) is 11.6 Å². The second-order valence-corrected chi connectivity index (χ2v) is 6.01. The Morgan fingerprint density at radius 2 is 2.05 bits per heavy atom. The Kier molecular flexibility index (Phi) is 4.81. The van der Waals surface area contributed by atoms with Crippen LogP contribution in [-0.2, 0) is 4.79 Å². The Morgan fingerprint density at radius 1 is 1.36 bits per heavy atom. The quantitative estimate of drug-likeness (QED) is 0.868. The minimum atomic E-state index is -4.65. The number of nitrogens with one attached hydrogen (secondary N) is 1. The van der Waals surface area contributed by atoms with Crippen LogP contribution in [-0.4, -0.2) is 29.1 Å². The molecule has 1 heterocycles. The molecule has 0 saturated carbocycles. The highest BCUT2D eigenvalue weighted by Crippen LogP contribution is 2.34. The van der Waals surface area contributed by atoms with Crippen molar-refractivity contribution in [1.29, 1.82) is 5.26 Å². The third kappa shape index (κ3) is 3.83. The number of allylic oxidation sites excluding steroid dienone is 1. The van der Waals surface area contributed by atoms with Crippen LogP contribution in [0.5, 0.6) is 0 Å². The molecule has 22 heavy (non-hydrogen) atoms. The summed E-state index contributed by atoms with van der Waals surface area (Å²) >= 11 is 1.49. The van der Waals surface area contributed by atoms with Gasteiger partial charge in [-0.3, -0.25) is 4.79 Å². The molecule has 1 aromatic carbocycles. The van der Waals surface area contributed by atoms with E-state index in [-0.39, 0.29) is 5.56 Å². The van der Waals surface area contributed by atoms with E-state index in [2.05, 4.69) is 5.32 Å². The maximum absolute atomic E-state index is 13.1. The zero-order valence-corrected chi connectivity index (χ0v) is 12.3. The van der Waals surface area contributed by atoms with Gasteiger partial charge >= 0.3 is 6.18 Å². The van der Waals surface area contributed by atoms with Crippen LogP contribution in [0.25, 0.3) is 5.57 Å². The van der Waals surface area contributed by atoms with Gasteiger partial charge in [0.2, 0.25) is 5.91 Å². The first kappa shape index (κ1) is 16.4. The van der Waals surface area contributed by atoms with Crippen molar-refractivity contribution in [2.24, 2.45) is 0 Å². The van der Waals surface area contributed by atoms with Crippen molar-refractivity contribution in [3.63, 3.8) is 0 Å². The molecule has 1 amide bonds. The number of hydrogen-bond donors (Lipinski definition) is 1. The molecule has 1 saturated heterocycles. The van der Waals surface area contributed by atoms with Gasteiger partial charge in [0.1, 0.15) is 5.54 Å². The van der Waals surface area contributed by atoms with Crippen LogP contribution >= 0.6 is 11.8 Å². The molecule has 2 rings (SSSR count). The molecule has 0 radical (unpaired) electrons. The van der Waals surface area contributed by atoms with Gasteiger partial charge in [0, 0.05) is 11.8 Å². The van der Waals surface area contributed by atoms with Crippen LogP contribution < -0.4 is 5.32 Å². The summed E-state index contributed by atoms with van der Waals surface area (Å²) in [4.78, 5) is 11.9. The van der Waals surface area contributed by atoms with Gasteiger partial charge in [-0.2, -0.15) is 30.2 Å². The average molecular weight is 326 g/mol. The predicted molar refractivity (Wildman–Crippen MR) is 78.9 cm³/mol. The highest BCUT2D eigenvalue weighted by atomic mass is 32.2. The molecule has 116 valence electrons. The summed E-state index contributed by atoms with van der Waals surface area (Å²) in [6.45, 7) is 0. The van der Waals surface area contributed by atoms with Gasteiger partial charge in [-0.1, -0.05) is 30.3 Å². The summed E-state index contributed by atoms with van der Waals surface area (Å²) in [5.74, 6) is 0.179. The molecule has 0 unspecified atom stereocenters. The number of nitriles is 1. The first-order chi connectivity index (χ1) is 10.4. The van der Waals surface area contributed by atoms with Crippen LogP contribution in [0.1, 0.15) is 12.0 Å². The van der Waals surface area contributed by atoms with E-state index in [0.29, 0.717) is 24.0 Å². The number of alkyl halides is 3. The van der Waals surface area contributed by atoms with E-state index < -0.39 is 23.2 Å². The average Bonchev–Trinajstić information content (AvgIpc) is 2.93. The maximum atomic E-state index is 13.1. The number of carbonyl (C=O) groups is 1. The van der Waals surface area contributed by atoms with Crippen molar-refractivity contribution >= 4 is 23.2 Å². The summed E-state index contributed by atoms with van der Waals surface area (Å²) < 4.78 is 39.4. The number of carbonyl (C=O) groups excluding carboxylic acids is 1. The largest absolute Gasteiger partial charge is 0.417 e. The van der Waals surface area contributed by atoms with Crippen LogP contribution in [0, 0.1) is 11.3 Å². The molecule has 0 aliphatic carbocycles. The zero-order chi connectivity index (χ0) is 16.2. The third-order valence-electron chi connectivity index (χ3n) is 3.26. The molecule has 0 aromatic heterocycles. The number of halogens is 3. The third-order valence-corrected chi connectivity index (χ3v) is 4.45. The van der Waals surface area contributed by atoms with Crippen LogP contribution in [0.4, 0.5) is 13.2 Å². The van der Waals surface area contributed by atoms with Crippen LogP contribution in [0.3, 0.4) is 0 Å². The molecule has 1 aliphatic rings. The normalized spacial score (nSPS) is 22.2. The number of rotatable bonds is 3. The van der Waals surface area contributed by atoms with Crippen molar-refractivity contribution in [3.8, 4) is 6.07 Å². The summed E-state index contributed by atoms with van der Waals surface area (Å²) in [6.07, 6.45) is -3.69. The SMILES string of the molecule is N#C[C@]1(NC(=O)/C=C(\c2ccccc2)C(F)(F)F)CCSC1. The molecule has 7 heteroatoms. The number of nitrogens with zero attached hydrogens (tertiary/aromatic N) is 1. The van der Waals surface area contributed by atoms with Gasteiger partial charge < -0.3 is 5.32 Å². The van der Waals surface area contributed by atoms with Gasteiger partial charge in [-0.25, -0.2) is 0 Å². The van der Waals surface area contributed by atoms with E-state index in [1.54, 1.807) is 6.07 Å². The van der Waals surface area contributed by atoms with E-state index in [0.717, 1.165) is 0 Å². The molecule has 1 aromatic rings. The van der Waals surface area contributed by atoms with Crippen molar-refractivity contribution in [3.05, 3.63) is 42.0 Å². The van der Waals surface area contributed by atoms with Crippen molar-refractivity contribution in [2.75, 3.05) is 11.5 Å². The minimum Gasteiger partial charge on any atom is -0.333 e. The van der Waals surface area contributed by atoms with E-state index in [4.69, 9.17) is 5.26 Å². The molecule has 0 bridgehead atoms. The Morgan fingerprint density at radius 3 is 2.55 bits per heavy atom. The fraction of sp³-hybridized carbons (Fsp3) is 0.333. The predicted octanol–water partition coefficient (Wildman–Crippen LogP) is 3.15. The number of amides is 1. The number of thioether (sulfide) groups is 1. The molecule has 1 N–H and O–H groups in total. The number of benzene rings is 1. The number of hydrogen-bond acceptors (Lipinski definition) is 3. The Bertz CT molecular complexity index is 614. The van der Waals surface area contributed by atoms with Crippen LogP contribution in [0.2, 0.25) is 0 Å². The highest BCUT2D eigenvalue weighted by Gasteiger charge is 2.38. The maximum Gasteiger partial charge on any atom is 0.417 e. The minimum absolute atomic E-state index is 0.0862. The Hall–Kier alpha value is -1.94. The smallest absolute Gasteiger partial charge is 0.333 e. The van der Waals surface area contributed by atoms with Crippen molar-refractivity contribution in [1.82, 2.24) is 5.32 Å². The van der Waals surface area contributed by atoms with E-state index in [9.17, 15) is 18.0 Å². The lowest BCUT2D eigenvalue weighted by Gasteiger charge is -2.20. The van der Waals surface area contributed by atoms with E-state index in [1.807, 2.05) is 6.07 Å². The molecular weight excluding hydrogens is 313 g/mol. The van der Waals surface area contributed by atoms with Crippen molar-refractivity contribution in [2.45, 2.75) is 18.1 Å². The summed E-state index contributed by atoms with van der Waals surface area (Å²) in [5, 5.41) is 11.6. The summed E-state index contributed by atoms with van der Waals surface area (Å²) in [7, 11) is 0. The fourth-order valence-electron chi connectivity index (χ4n) is 2.13. The molecule has 3 nitrogen and oxygen atoms in total. The van der Waals surface area contributed by atoms with Gasteiger partial charge in [0.15, 0.2) is 0 Å². The molecule has 1 atom stereocenters. The van der Waals surface area contributed by atoms with E-state index in [1.165, 1.54) is 36.0 Å². The Labute approximate surface area is 130 Å². The van der Waals surface area contributed by atoms with Gasteiger partial charge in [-0.15, -0.1) is 0 Å². The lowest BCUT2D eigenvalue weighted by molar-refractivity contribution is -0.118. The summed E-state index contributed by atoms with van der Waals surface area (Å²) in [6, 6.07) is 9.11. The highest BCUT2D eigenvalue weighted by molar-refractivity contribution is 7.99. The lowest BCUT2D eigenvalue weighted by atomic mass is 10.0. The summed E-state index contributed by atoms with van der Waals surface area (Å²) in [5.41, 5.74) is -2.19. The van der Waals surface area contributed by atoms with E-state index >= 15 is 0 Å². The first-order valence-electron chi connectivity index (χ1n) is 6.52. The second kappa shape index (κ2) is 6.44. The lowest BCUT2D eigenvalue weighted by Crippen LogP contribution is -2.47. The van der Waals surface area contributed by atoms with Crippen LogP contribution in [0.15, 0.2) is 36.4 Å². The monoisotopic (exact) mass is 326 g/mol.